The summed E-state index contributed by atoms with van der Waals surface area (Å²) in [5.41, 5.74) is 1.96. The molecule has 0 aliphatic carbocycles. The van der Waals surface area contributed by atoms with Gasteiger partial charge >= 0.3 is 6.18 Å². The van der Waals surface area contributed by atoms with E-state index in [1.165, 1.54) is 17.0 Å². The number of carbonyl (C=O) groups excluding carboxylic acids is 1. The lowest BCUT2D eigenvalue weighted by molar-refractivity contribution is -0.137. The molecule has 0 N–H and O–H groups in total. The number of pyridine rings is 3. The quantitative estimate of drug-likeness (QED) is 0.530. The Morgan fingerprint density at radius 2 is 1.85 bits per heavy atom. The van der Waals surface area contributed by atoms with Crippen molar-refractivity contribution in [2.24, 2.45) is 7.05 Å². The van der Waals surface area contributed by atoms with E-state index in [0.29, 0.717) is 48.8 Å². The summed E-state index contributed by atoms with van der Waals surface area (Å²) in [5, 5.41) is 0. The van der Waals surface area contributed by atoms with Crippen molar-refractivity contribution in [1.82, 2.24) is 14.5 Å². The van der Waals surface area contributed by atoms with Crippen LogP contribution in [0.2, 0.25) is 0 Å². The Morgan fingerprint density at radius 3 is 2.56 bits per heavy atom. The molecule has 3 aromatic heterocycles. The van der Waals surface area contributed by atoms with Gasteiger partial charge in [0.05, 0.1) is 18.8 Å². The molecule has 0 saturated carbocycles. The summed E-state index contributed by atoms with van der Waals surface area (Å²) in [4.78, 5) is 35.5. The lowest BCUT2D eigenvalue weighted by Gasteiger charge is -2.28. The summed E-state index contributed by atoms with van der Waals surface area (Å²) < 4.78 is 45.8. The topological polar surface area (TPSA) is 77.3 Å². The summed E-state index contributed by atoms with van der Waals surface area (Å²) in [6, 6.07) is 4.37. The largest absolute Gasteiger partial charge is 0.417 e. The van der Waals surface area contributed by atoms with E-state index in [4.69, 9.17) is 4.74 Å². The molecule has 1 aliphatic rings. The van der Waals surface area contributed by atoms with Crippen molar-refractivity contribution in [3.05, 3.63) is 75.7 Å². The first-order chi connectivity index (χ1) is 16.1. The average molecular weight is 472 g/mol. The summed E-state index contributed by atoms with van der Waals surface area (Å²) in [6.45, 7) is 4.05. The number of ether oxygens (including phenoxy) is 1. The predicted octanol–water partition coefficient (Wildman–Crippen LogP) is 3.43. The second-order valence-electron chi connectivity index (χ2n) is 8.17. The van der Waals surface area contributed by atoms with E-state index in [0.717, 1.165) is 12.3 Å². The molecule has 1 fully saturated rings. The van der Waals surface area contributed by atoms with E-state index < -0.39 is 11.7 Å². The van der Waals surface area contributed by atoms with Crippen LogP contribution in [-0.2, 0) is 24.4 Å². The van der Waals surface area contributed by atoms with Crippen molar-refractivity contribution in [2.45, 2.75) is 19.5 Å². The molecular weight excluding hydrogens is 449 g/mol. The molecule has 34 heavy (non-hydrogen) atoms. The summed E-state index contributed by atoms with van der Waals surface area (Å²) in [6.07, 6.45) is 0.288. The van der Waals surface area contributed by atoms with Gasteiger partial charge in [-0.05, 0) is 30.7 Å². The number of rotatable bonds is 5. The Balaban J connectivity index is 1.66. The normalized spacial score (nSPS) is 14.3. The maximum Gasteiger partial charge on any atom is 0.417 e. The molecule has 0 amide bonds. The van der Waals surface area contributed by atoms with Crippen molar-refractivity contribution in [3.8, 4) is 11.1 Å². The van der Waals surface area contributed by atoms with Crippen molar-refractivity contribution < 1.29 is 22.7 Å². The second kappa shape index (κ2) is 9.38. The minimum atomic E-state index is -4.54. The molecule has 0 spiro atoms. The van der Waals surface area contributed by atoms with E-state index in [9.17, 15) is 22.8 Å². The molecule has 0 atom stereocenters. The Morgan fingerprint density at radius 1 is 1.12 bits per heavy atom. The van der Waals surface area contributed by atoms with E-state index in [-0.39, 0.29) is 28.9 Å². The van der Waals surface area contributed by atoms with Crippen LogP contribution in [0.4, 0.5) is 18.9 Å². The third-order valence-electron chi connectivity index (χ3n) is 5.72. The van der Waals surface area contributed by atoms with Crippen LogP contribution < -0.4 is 10.5 Å². The molecule has 4 heterocycles. The number of carbonyl (C=O) groups is 1. The average Bonchev–Trinajstić information content (AvgIpc) is 2.81. The SMILES string of the molecule is Cc1ncc(C(=O)Cc2cncc(C(F)(F)F)c2)cc1-c1cc(N2CCOCC2)c(=O)n(C)c1. The lowest BCUT2D eigenvalue weighted by atomic mass is 9.99. The molecule has 1 aliphatic heterocycles. The number of halogens is 3. The van der Waals surface area contributed by atoms with Gasteiger partial charge in [0.2, 0.25) is 0 Å². The minimum Gasteiger partial charge on any atom is -0.378 e. The van der Waals surface area contributed by atoms with E-state index >= 15 is 0 Å². The van der Waals surface area contributed by atoms with E-state index in [1.807, 2.05) is 4.90 Å². The molecule has 1 saturated heterocycles. The van der Waals surface area contributed by atoms with Crippen LogP contribution >= 0.6 is 0 Å². The van der Waals surface area contributed by atoms with Gasteiger partial charge in [-0.2, -0.15) is 13.2 Å². The number of Topliss-reactive ketones (excluding diaryl/α,β-unsaturated/α-hetero) is 1. The summed E-state index contributed by atoms with van der Waals surface area (Å²) in [7, 11) is 1.66. The molecule has 178 valence electrons. The maximum absolute atomic E-state index is 13.0. The van der Waals surface area contributed by atoms with E-state index in [2.05, 4.69) is 9.97 Å². The highest BCUT2D eigenvalue weighted by molar-refractivity contribution is 5.98. The molecule has 0 bridgehead atoms. The van der Waals surface area contributed by atoms with Gasteiger partial charge < -0.3 is 14.2 Å². The monoisotopic (exact) mass is 472 g/mol. The molecule has 4 rings (SSSR count). The van der Waals surface area contributed by atoms with Gasteiger partial charge in [-0.25, -0.2) is 0 Å². The van der Waals surface area contributed by atoms with Crippen LogP contribution in [0.25, 0.3) is 11.1 Å². The first-order valence-electron chi connectivity index (χ1n) is 10.7. The van der Waals surface area contributed by atoms with Crippen molar-refractivity contribution in [3.63, 3.8) is 0 Å². The number of aryl methyl sites for hydroxylation is 2. The zero-order valence-electron chi connectivity index (χ0n) is 18.7. The fourth-order valence-electron chi connectivity index (χ4n) is 3.88. The van der Waals surface area contributed by atoms with Crippen LogP contribution in [0.5, 0.6) is 0 Å². The minimum absolute atomic E-state index is 0.138. The summed E-state index contributed by atoms with van der Waals surface area (Å²) in [5.74, 6) is -0.381. The van der Waals surface area contributed by atoms with Gasteiger partial charge in [0, 0.05) is 73.7 Å². The number of alkyl halides is 3. The number of morpholine rings is 1. The fraction of sp³-hybridized carbons (Fsp3) is 0.333. The Bertz CT molecular complexity index is 1280. The predicted molar refractivity (Wildman–Crippen MR) is 120 cm³/mol. The number of hydrogen-bond acceptors (Lipinski definition) is 6. The highest BCUT2D eigenvalue weighted by Gasteiger charge is 2.31. The molecule has 0 aromatic carbocycles. The number of nitrogens with zero attached hydrogens (tertiary/aromatic N) is 4. The zero-order chi connectivity index (χ0) is 24.5. The van der Waals surface area contributed by atoms with Gasteiger partial charge in [-0.3, -0.25) is 19.6 Å². The van der Waals surface area contributed by atoms with Gasteiger partial charge in [0.1, 0.15) is 5.69 Å². The summed E-state index contributed by atoms with van der Waals surface area (Å²) >= 11 is 0. The van der Waals surface area contributed by atoms with Crippen LogP contribution in [0, 0.1) is 6.92 Å². The zero-order valence-corrected chi connectivity index (χ0v) is 18.7. The Kier molecular flexibility index (Phi) is 6.52. The highest BCUT2D eigenvalue weighted by Crippen LogP contribution is 2.30. The van der Waals surface area contributed by atoms with Gasteiger partial charge in [0.25, 0.3) is 5.56 Å². The first-order valence-corrected chi connectivity index (χ1v) is 10.7. The van der Waals surface area contributed by atoms with Crippen LogP contribution in [0.3, 0.4) is 0 Å². The molecular formula is C24H23F3N4O3. The molecule has 0 unspecified atom stereocenters. The standard InChI is InChI=1S/C24H23F3N4O3/c1-15-20(18-10-21(23(33)30(2)14-18)31-3-5-34-6-4-31)9-17(12-29-15)22(32)8-16-7-19(13-28-11-16)24(25,26)27/h7,9-14H,3-6,8H2,1-2H3. The number of anilines is 1. The third kappa shape index (κ3) is 5.01. The number of aromatic nitrogens is 3. The van der Waals surface area contributed by atoms with Crippen molar-refractivity contribution in [1.29, 1.82) is 0 Å². The van der Waals surface area contributed by atoms with Crippen LogP contribution in [0.15, 0.2) is 47.8 Å². The highest BCUT2D eigenvalue weighted by atomic mass is 19.4. The van der Waals surface area contributed by atoms with Gasteiger partial charge in [-0.15, -0.1) is 0 Å². The Labute approximate surface area is 193 Å². The molecule has 7 nitrogen and oxygen atoms in total. The lowest BCUT2D eigenvalue weighted by Crippen LogP contribution is -2.40. The van der Waals surface area contributed by atoms with Crippen LogP contribution in [-0.4, -0.2) is 46.6 Å². The number of ketones is 1. The molecule has 3 aromatic rings. The first kappa shape index (κ1) is 23.6. The van der Waals surface area contributed by atoms with Crippen LogP contribution in [0.1, 0.15) is 27.2 Å². The molecule has 0 radical (unpaired) electrons. The van der Waals surface area contributed by atoms with Gasteiger partial charge in [0.15, 0.2) is 5.78 Å². The maximum atomic E-state index is 13.0. The number of hydrogen-bond donors (Lipinski definition) is 0. The molecule has 10 heteroatoms. The smallest absolute Gasteiger partial charge is 0.378 e. The van der Waals surface area contributed by atoms with E-state index in [1.54, 1.807) is 32.3 Å². The van der Waals surface area contributed by atoms with Crippen molar-refractivity contribution >= 4 is 11.5 Å². The van der Waals surface area contributed by atoms with Gasteiger partial charge in [-0.1, -0.05) is 0 Å². The third-order valence-corrected chi connectivity index (χ3v) is 5.72. The fourth-order valence-corrected chi connectivity index (χ4v) is 3.88. The Hall–Kier alpha value is -3.53. The van der Waals surface area contributed by atoms with Crippen molar-refractivity contribution in [2.75, 3.05) is 31.2 Å². The second-order valence-corrected chi connectivity index (χ2v) is 8.17.